The molecule has 0 bridgehead atoms. The maximum Gasteiger partial charge on any atom is 0.266 e. The van der Waals surface area contributed by atoms with Crippen LogP contribution < -0.4 is 10.9 Å². The number of carbonyl (C=O) groups is 1. The first-order valence-electron chi connectivity index (χ1n) is 5.87. The average molecular weight is 277 g/mol. The number of halogens is 1. The zero-order valence-corrected chi connectivity index (χ0v) is 10.9. The Bertz CT molecular complexity index is 623. The lowest BCUT2D eigenvalue weighted by Gasteiger charge is -2.05. The number of rotatable bonds is 4. The topological polar surface area (TPSA) is 62.0 Å². The van der Waals surface area contributed by atoms with E-state index in [1.807, 2.05) is 30.3 Å². The number of aromatic amines is 1. The largest absolute Gasteiger partial charge is 0.352 e. The van der Waals surface area contributed by atoms with Crippen LogP contribution in [0, 0.1) is 0 Å². The number of hydrogen-bond donors (Lipinski definition) is 2. The molecule has 2 N–H and O–H groups in total. The fourth-order valence-corrected chi connectivity index (χ4v) is 1.83. The first kappa shape index (κ1) is 13.4. The summed E-state index contributed by atoms with van der Waals surface area (Å²) in [5, 5.41) is 2.78. The van der Waals surface area contributed by atoms with E-state index in [-0.39, 0.29) is 10.9 Å². The predicted molar refractivity (Wildman–Crippen MR) is 74.6 cm³/mol. The van der Waals surface area contributed by atoms with Crippen molar-refractivity contribution in [2.45, 2.75) is 6.42 Å². The van der Waals surface area contributed by atoms with Gasteiger partial charge in [0.2, 0.25) is 0 Å². The van der Waals surface area contributed by atoms with Crippen molar-refractivity contribution in [3.8, 4) is 0 Å². The molecule has 19 heavy (non-hydrogen) atoms. The van der Waals surface area contributed by atoms with E-state index < -0.39 is 5.56 Å². The molecule has 2 rings (SSSR count). The van der Waals surface area contributed by atoms with E-state index in [0.717, 1.165) is 12.0 Å². The highest BCUT2D eigenvalue weighted by atomic mass is 35.5. The second-order valence-electron chi connectivity index (χ2n) is 4.06. The van der Waals surface area contributed by atoms with Crippen molar-refractivity contribution in [2.75, 3.05) is 6.54 Å². The Morgan fingerprint density at radius 1 is 1.26 bits per heavy atom. The molecule has 0 aliphatic carbocycles. The molecule has 1 aromatic carbocycles. The van der Waals surface area contributed by atoms with Gasteiger partial charge in [-0.1, -0.05) is 41.9 Å². The first-order valence-corrected chi connectivity index (χ1v) is 6.25. The molecule has 1 heterocycles. The Morgan fingerprint density at radius 3 is 2.68 bits per heavy atom. The van der Waals surface area contributed by atoms with Gasteiger partial charge < -0.3 is 10.3 Å². The molecule has 0 radical (unpaired) electrons. The van der Waals surface area contributed by atoms with Crippen molar-refractivity contribution in [3.05, 3.63) is 69.1 Å². The molecule has 0 saturated heterocycles. The molecule has 0 unspecified atom stereocenters. The fourth-order valence-electron chi connectivity index (χ4n) is 1.65. The van der Waals surface area contributed by atoms with Gasteiger partial charge in [-0.2, -0.15) is 0 Å². The summed E-state index contributed by atoms with van der Waals surface area (Å²) in [5.41, 5.74) is 1.10. The highest BCUT2D eigenvalue weighted by Crippen LogP contribution is 2.04. The molecule has 0 aliphatic heterocycles. The average Bonchev–Trinajstić information content (AvgIpc) is 2.43. The Morgan fingerprint density at radius 2 is 2.00 bits per heavy atom. The van der Waals surface area contributed by atoms with Gasteiger partial charge in [0.25, 0.3) is 11.5 Å². The van der Waals surface area contributed by atoms with Gasteiger partial charge in [0.15, 0.2) is 0 Å². The molecule has 1 amide bonds. The summed E-state index contributed by atoms with van der Waals surface area (Å²) in [6, 6.07) is 11.2. The molecule has 2 aromatic rings. The molecular weight excluding hydrogens is 264 g/mol. The number of pyridine rings is 1. The van der Waals surface area contributed by atoms with E-state index in [1.165, 1.54) is 12.3 Å². The van der Waals surface area contributed by atoms with E-state index in [2.05, 4.69) is 10.3 Å². The van der Waals surface area contributed by atoms with Gasteiger partial charge in [-0.15, -0.1) is 0 Å². The van der Waals surface area contributed by atoms with E-state index in [4.69, 9.17) is 11.6 Å². The highest BCUT2D eigenvalue weighted by Gasteiger charge is 2.07. The van der Waals surface area contributed by atoms with Crippen molar-refractivity contribution in [1.29, 1.82) is 0 Å². The maximum absolute atomic E-state index is 11.8. The number of carbonyl (C=O) groups excluding carboxylic acids is 1. The smallest absolute Gasteiger partial charge is 0.266 e. The summed E-state index contributed by atoms with van der Waals surface area (Å²) in [6.07, 6.45) is 2.11. The number of benzene rings is 1. The Balaban J connectivity index is 1.91. The van der Waals surface area contributed by atoms with Crippen molar-refractivity contribution in [2.24, 2.45) is 0 Å². The molecule has 0 atom stereocenters. The summed E-state index contributed by atoms with van der Waals surface area (Å²) in [5.74, 6) is -0.255. The third-order valence-corrected chi connectivity index (χ3v) is 2.94. The van der Waals surface area contributed by atoms with Crippen LogP contribution in [0.4, 0.5) is 0 Å². The van der Waals surface area contributed by atoms with E-state index >= 15 is 0 Å². The second-order valence-corrected chi connectivity index (χ2v) is 4.46. The first-order chi connectivity index (χ1) is 9.16. The van der Waals surface area contributed by atoms with Crippen LogP contribution in [0.15, 0.2) is 47.4 Å². The molecule has 98 valence electrons. The van der Waals surface area contributed by atoms with Crippen molar-refractivity contribution in [3.63, 3.8) is 0 Å². The SMILES string of the molecule is O=C(NCCc1ccccc1)c1c[nH]c(=O)c(Cl)c1. The van der Waals surface area contributed by atoms with Crippen molar-refractivity contribution in [1.82, 2.24) is 10.3 Å². The quantitative estimate of drug-likeness (QED) is 0.897. The number of H-pyrrole nitrogens is 1. The van der Waals surface area contributed by atoms with E-state index in [9.17, 15) is 9.59 Å². The standard InChI is InChI=1S/C14H13ClN2O2/c15-12-8-11(9-17-14(12)19)13(18)16-7-6-10-4-2-1-3-5-10/h1-5,8-9H,6-7H2,(H,16,18)(H,17,19). The lowest BCUT2D eigenvalue weighted by molar-refractivity contribution is 0.0953. The number of aromatic nitrogens is 1. The minimum absolute atomic E-state index is 0.00992. The molecule has 5 heteroatoms. The normalized spacial score (nSPS) is 10.2. The van der Waals surface area contributed by atoms with E-state index in [0.29, 0.717) is 12.1 Å². The zero-order chi connectivity index (χ0) is 13.7. The second kappa shape index (κ2) is 6.20. The molecule has 0 saturated carbocycles. The summed E-state index contributed by atoms with van der Waals surface area (Å²) < 4.78 is 0. The molecule has 0 aliphatic rings. The van der Waals surface area contributed by atoms with Gasteiger partial charge in [0.05, 0.1) is 5.56 Å². The van der Waals surface area contributed by atoms with E-state index in [1.54, 1.807) is 0 Å². The summed E-state index contributed by atoms with van der Waals surface area (Å²) >= 11 is 5.66. The van der Waals surface area contributed by atoms with Gasteiger partial charge in [-0.05, 0) is 18.1 Å². The lowest BCUT2D eigenvalue weighted by Crippen LogP contribution is -2.26. The summed E-state index contributed by atoms with van der Waals surface area (Å²) in [7, 11) is 0. The Labute approximate surface area is 115 Å². The fraction of sp³-hybridized carbons (Fsp3) is 0.143. The Hall–Kier alpha value is -2.07. The number of nitrogens with one attached hydrogen (secondary N) is 2. The van der Waals surface area contributed by atoms with Gasteiger partial charge in [-0.3, -0.25) is 9.59 Å². The molecule has 0 fully saturated rings. The number of hydrogen-bond acceptors (Lipinski definition) is 2. The summed E-state index contributed by atoms with van der Waals surface area (Å²) in [6.45, 7) is 0.527. The van der Waals surface area contributed by atoms with Crippen LogP contribution in [0.2, 0.25) is 5.02 Å². The van der Waals surface area contributed by atoms with Crippen molar-refractivity contribution < 1.29 is 4.79 Å². The molecule has 0 spiro atoms. The van der Waals surface area contributed by atoms with Crippen LogP contribution in [-0.4, -0.2) is 17.4 Å². The van der Waals surface area contributed by atoms with Gasteiger partial charge in [-0.25, -0.2) is 0 Å². The van der Waals surface area contributed by atoms with Crippen LogP contribution in [0.1, 0.15) is 15.9 Å². The molecular formula is C14H13ClN2O2. The van der Waals surface area contributed by atoms with Crippen LogP contribution in [0.5, 0.6) is 0 Å². The van der Waals surface area contributed by atoms with Crippen molar-refractivity contribution >= 4 is 17.5 Å². The van der Waals surface area contributed by atoms with Gasteiger partial charge in [0, 0.05) is 12.7 Å². The van der Waals surface area contributed by atoms with Gasteiger partial charge >= 0.3 is 0 Å². The predicted octanol–water partition coefficient (Wildman–Crippen LogP) is 2.00. The Kier molecular flexibility index (Phi) is 4.36. The molecule has 1 aromatic heterocycles. The highest BCUT2D eigenvalue weighted by molar-refractivity contribution is 6.30. The minimum Gasteiger partial charge on any atom is -0.352 e. The van der Waals surface area contributed by atoms with Crippen LogP contribution in [0.3, 0.4) is 0 Å². The number of amides is 1. The maximum atomic E-state index is 11.8. The lowest BCUT2D eigenvalue weighted by atomic mass is 10.1. The monoisotopic (exact) mass is 276 g/mol. The van der Waals surface area contributed by atoms with Crippen LogP contribution in [0.25, 0.3) is 0 Å². The zero-order valence-electron chi connectivity index (χ0n) is 10.2. The van der Waals surface area contributed by atoms with Gasteiger partial charge in [0.1, 0.15) is 5.02 Å². The third-order valence-electron chi connectivity index (χ3n) is 2.66. The summed E-state index contributed by atoms with van der Waals surface area (Å²) in [4.78, 5) is 25.3. The minimum atomic E-state index is -0.400. The van der Waals surface area contributed by atoms with Crippen LogP contribution in [-0.2, 0) is 6.42 Å². The third kappa shape index (κ3) is 3.69. The van der Waals surface area contributed by atoms with Crippen LogP contribution >= 0.6 is 11.6 Å². The molecule has 4 nitrogen and oxygen atoms in total.